The van der Waals surface area contributed by atoms with Crippen LogP contribution >= 0.6 is 22.9 Å². The number of thiophene rings is 1. The number of benzene rings is 1. The smallest absolute Gasteiger partial charge is 0.338 e. The monoisotopic (exact) mass is 735 g/mol. The quantitative estimate of drug-likeness (QED) is 0.153. The molecule has 0 amide bonds. The summed E-state index contributed by atoms with van der Waals surface area (Å²) in [6, 6.07) is 9.02. The summed E-state index contributed by atoms with van der Waals surface area (Å²) in [6.45, 7) is 5.60. The van der Waals surface area contributed by atoms with Crippen molar-refractivity contribution in [1.29, 1.82) is 5.26 Å². The number of carboxylic acids is 1. The van der Waals surface area contributed by atoms with Crippen LogP contribution in [0.1, 0.15) is 48.4 Å². The van der Waals surface area contributed by atoms with Crippen LogP contribution in [0.4, 0.5) is 14.6 Å². The summed E-state index contributed by atoms with van der Waals surface area (Å²) in [6.07, 6.45) is 4.24. The van der Waals surface area contributed by atoms with Crippen LogP contribution in [0.3, 0.4) is 0 Å². The number of aromatic nitrogens is 4. The highest BCUT2D eigenvalue weighted by Gasteiger charge is 2.37. The number of aromatic carboxylic acids is 1. The normalized spacial score (nSPS) is 14.3. The number of halogens is 3. The molecule has 0 radical (unpaired) electrons. The van der Waals surface area contributed by atoms with Crippen LogP contribution in [0.25, 0.3) is 32.2 Å². The molecular formula is C36H36ClF2N7O4S. The molecule has 11 nitrogen and oxygen atoms in total. The first-order chi connectivity index (χ1) is 24.3. The number of nitrogens with zero attached hydrogens (tertiary/aromatic N) is 7. The molecule has 1 N–H and O–H groups in total. The molecule has 1 aliphatic rings. The van der Waals surface area contributed by atoms with Crippen LogP contribution in [-0.4, -0.2) is 80.7 Å². The van der Waals surface area contributed by atoms with Gasteiger partial charge in [0.15, 0.2) is 0 Å². The summed E-state index contributed by atoms with van der Waals surface area (Å²) < 4.78 is 37.1. The fraction of sp³-hybridized carbons (Fsp3) is 0.389. The van der Waals surface area contributed by atoms with Crippen molar-refractivity contribution in [2.45, 2.75) is 52.1 Å². The zero-order valence-electron chi connectivity index (χ0n) is 28.5. The minimum atomic E-state index is -2.77. The van der Waals surface area contributed by atoms with E-state index >= 15 is 0 Å². The number of rotatable bonds is 11. The Labute approximate surface area is 301 Å². The van der Waals surface area contributed by atoms with Crippen LogP contribution in [-0.2, 0) is 6.54 Å². The summed E-state index contributed by atoms with van der Waals surface area (Å²) in [5.41, 5.74) is 1.81. The number of hydrogen-bond donors (Lipinski definition) is 1. The van der Waals surface area contributed by atoms with Crippen molar-refractivity contribution in [2.75, 3.05) is 38.2 Å². The summed E-state index contributed by atoms with van der Waals surface area (Å²) in [7, 11) is 1.81. The Hall–Kier alpha value is -4.71. The second-order valence-electron chi connectivity index (χ2n) is 13.0. The van der Waals surface area contributed by atoms with Crippen molar-refractivity contribution in [3.05, 3.63) is 74.4 Å². The minimum absolute atomic E-state index is 0.0555. The van der Waals surface area contributed by atoms with E-state index in [9.17, 15) is 28.7 Å². The van der Waals surface area contributed by atoms with E-state index in [1.807, 2.05) is 11.9 Å². The molecule has 6 rings (SSSR count). The third-order valence-electron chi connectivity index (χ3n) is 9.49. The van der Waals surface area contributed by atoms with Gasteiger partial charge in [-0.05, 0) is 44.0 Å². The first-order valence-corrected chi connectivity index (χ1v) is 17.7. The molecule has 0 atom stereocenters. The van der Waals surface area contributed by atoms with E-state index in [1.54, 1.807) is 41.5 Å². The number of ether oxygens (including phenoxy) is 1. The van der Waals surface area contributed by atoms with Gasteiger partial charge in [0.05, 0.1) is 46.0 Å². The van der Waals surface area contributed by atoms with Crippen molar-refractivity contribution in [3.8, 4) is 22.9 Å². The van der Waals surface area contributed by atoms with E-state index in [0.717, 1.165) is 0 Å². The molecule has 15 heteroatoms. The molecule has 1 aromatic carbocycles. The highest BCUT2D eigenvalue weighted by Crippen LogP contribution is 2.39. The Kier molecular flexibility index (Phi) is 10.3. The predicted octanol–water partition coefficient (Wildman–Crippen LogP) is 6.87. The van der Waals surface area contributed by atoms with Gasteiger partial charge in [-0.3, -0.25) is 19.2 Å². The number of alkyl halides is 2. The number of carbonyl (C=O) groups is 1. The van der Waals surface area contributed by atoms with E-state index < -0.39 is 23.4 Å². The minimum Gasteiger partial charge on any atom is -0.491 e. The van der Waals surface area contributed by atoms with Gasteiger partial charge in [0, 0.05) is 59.8 Å². The van der Waals surface area contributed by atoms with Crippen LogP contribution in [0.15, 0.2) is 46.8 Å². The van der Waals surface area contributed by atoms with Gasteiger partial charge >= 0.3 is 5.97 Å². The van der Waals surface area contributed by atoms with Gasteiger partial charge in [-0.15, -0.1) is 11.3 Å². The standard InChI is InChI=1S/C36H36ClF2N7O4S/c1-20(2)36(38,39)19-45-11-8-23(9-12-45)44(4)33-26(16-40)30-28(17-42-33)43-21(3)46(34(30)47)13-14-50-29-6-5-22(37)15-25(29)24-7-10-41-31-27(35(48)49)18-51-32(24)31/h5-7,10,15,17-18,20,23H,8-9,11-14,19H2,1-4H3,(H,48,49). The second kappa shape index (κ2) is 14.5. The lowest BCUT2D eigenvalue weighted by Crippen LogP contribution is -2.48. The Morgan fingerprint density at radius 2 is 1.98 bits per heavy atom. The summed E-state index contributed by atoms with van der Waals surface area (Å²) in [5.74, 6) is -3.36. The zero-order chi connectivity index (χ0) is 36.6. The maximum Gasteiger partial charge on any atom is 0.338 e. The molecule has 266 valence electrons. The highest BCUT2D eigenvalue weighted by atomic mass is 35.5. The molecule has 1 fully saturated rings. The molecule has 0 spiro atoms. The van der Waals surface area contributed by atoms with Crippen molar-refractivity contribution in [1.82, 2.24) is 24.4 Å². The topological polar surface area (TPSA) is 137 Å². The Morgan fingerprint density at radius 1 is 1.24 bits per heavy atom. The maximum atomic E-state index is 14.4. The number of nitriles is 1. The number of aryl methyl sites for hydroxylation is 1. The zero-order valence-corrected chi connectivity index (χ0v) is 30.1. The molecule has 51 heavy (non-hydrogen) atoms. The van der Waals surface area contributed by atoms with Crippen LogP contribution in [0, 0.1) is 24.2 Å². The van der Waals surface area contributed by atoms with Gasteiger partial charge in [0.25, 0.3) is 11.5 Å². The fourth-order valence-corrected chi connectivity index (χ4v) is 7.65. The first-order valence-electron chi connectivity index (χ1n) is 16.5. The van der Waals surface area contributed by atoms with Gasteiger partial charge in [-0.2, -0.15) is 5.26 Å². The van der Waals surface area contributed by atoms with E-state index in [0.29, 0.717) is 75.2 Å². The largest absolute Gasteiger partial charge is 0.491 e. The van der Waals surface area contributed by atoms with E-state index in [2.05, 4.69) is 21.0 Å². The molecule has 1 aliphatic heterocycles. The van der Waals surface area contributed by atoms with Crippen molar-refractivity contribution < 1.29 is 23.4 Å². The molecule has 0 bridgehead atoms. The maximum absolute atomic E-state index is 14.4. The number of piperidine rings is 1. The molecule has 0 saturated carbocycles. The number of likely N-dealkylation sites (tertiary alicyclic amines) is 1. The average molecular weight is 736 g/mol. The number of carboxylic acid groups (broad SMARTS) is 1. The lowest BCUT2D eigenvalue weighted by Gasteiger charge is -2.39. The molecule has 0 unspecified atom stereocenters. The second-order valence-corrected chi connectivity index (χ2v) is 14.3. The van der Waals surface area contributed by atoms with Crippen LogP contribution < -0.4 is 15.2 Å². The summed E-state index contributed by atoms with van der Waals surface area (Å²) in [4.78, 5) is 42.8. The van der Waals surface area contributed by atoms with Crippen LogP contribution in [0.2, 0.25) is 5.02 Å². The van der Waals surface area contributed by atoms with Gasteiger partial charge in [0.2, 0.25) is 0 Å². The molecular weight excluding hydrogens is 700 g/mol. The number of fused-ring (bicyclic) bond motifs is 2. The molecule has 4 aromatic heterocycles. The molecule has 5 aromatic rings. The van der Waals surface area contributed by atoms with E-state index in [-0.39, 0.29) is 42.3 Å². The van der Waals surface area contributed by atoms with Gasteiger partial charge in [-0.1, -0.05) is 25.4 Å². The SMILES string of the molecule is Cc1nc2cnc(N(C)C3CCN(CC(F)(F)C(C)C)CC3)c(C#N)c2c(=O)n1CCOc1ccc(Cl)cc1-c1ccnc2c(C(=O)O)csc12. The van der Waals surface area contributed by atoms with Gasteiger partial charge in [0.1, 0.15) is 35.6 Å². The van der Waals surface area contributed by atoms with Gasteiger partial charge in [-0.25, -0.2) is 23.5 Å². The molecule has 1 saturated heterocycles. The van der Waals surface area contributed by atoms with Crippen molar-refractivity contribution >= 4 is 55.8 Å². The fourth-order valence-electron chi connectivity index (χ4n) is 6.45. The molecule has 0 aliphatic carbocycles. The average Bonchev–Trinajstić information content (AvgIpc) is 3.54. The molecule has 5 heterocycles. The highest BCUT2D eigenvalue weighted by molar-refractivity contribution is 7.18. The Bertz CT molecular complexity index is 2230. The van der Waals surface area contributed by atoms with Gasteiger partial charge < -0.3 is 14.7 Å². The van der Waals surface area contributed by atoms with Crippen molar-refractivity contribution in [3.63, 3.8) is 0 Å². The van der Waals surface area contributed by atoms with E-state index in [1.165, 1.54) is 42.1 Å². The predicted molar refractivity (Wildman–Crippen MR) is 193 cm³/mol. The lowest BCUT2D eigenvalue weighted by molar-refractivity contribution is -0.0741. The number of hydrogen-bond acceptors (Lipinski definition) is 10. The number of anilines is 1. The third kappa shape index (κ3) is 7.11. The van der Waals surface area contributed by atoms with Crippen molar-refractivity contribution in [2.24, 2.45) is 5.92 Å². The summed E-state index contributed by atoms with van der Waals surface area (Å²) >= 11 is 7.64. The first kappa shape index (κ1) is 36.1. The lowest BCUT2D eigenvalue weighted by atomic mass is 10.00. The number of pyridine rings is 2. The third-order valence-corrected chi connectivity index (χ3v) is 10.7. The van der Waals surface area contributed by atoms with E-state index in [4.69, 9.17) is 16.3 Å². The summed E-state index contributed by atoms with van der Waals surface area (Å²) in [5, 5.41) is 22.1. The van der Waals surface area contributed by atoms with Crippen LogP contribution in [0.5, 0.6) is 5.75 Å². The Balaban J connectivity index is 1.24. The Morgan fingerprint density at radius 3 is 2.67 bits per heavy atom.